The van der Waals surface area contributed by atoms with Crippen molar-refractivity contribution in [3.05, 3.63) is 0 Å². The molecular formula is C16H34MgO. The Morgan fingerprint density at radius 2 is 0.944 bits per heavy atom. The van der Waals surface area contributed by atoms with Crippen molar-refractivity contribution < 1.29 is 5.11 Å². The highest BCUT2D eigenvalue weighted by molar-refractivity contribution is 5.75. The molecule has 0 aromatic rings. The van der Waals surface area contributed by atoms with Gasteiger partial charge in [0, 0.05) is 23.1 Å². The Morgan fingerprint density at radius 3 is 1.33 bits per heavy atom. The minimum atomic E-state index is -0.0252. The number of unbranched alkanes of at least 4 members (excludes halogenated alkanes) is 9. The van der Waals surface area contributed by atoms with Crippen molar-refractivity contribution in [2.45, 2.75) is 103 Å². The second-order valence-electron chi connectivity index (χ2n) is 5.41. The second kappa shape index (κ2) is 17.7. The molecule has 0 aliphatic rings. The maximum atomic E-state index is 9.81. The van der Waals surface area contributed by atoms with Crippen LogP contribution in [0, 0.1) is 0 Å². The third kappa shape index (κ3) is 16.7. The highest BCUT2D eigenvalue weighted by Crippen LogP contribution is 2.13. The van der Waals surface area contributed by atoms with E-state index in [0.29, 0.717) is 0 Å². The summed E-state index contributed by atoms with van der Waals surface area (Å²) in [4.78, 5) is 0. The number of hydrogen-bond donors (Lipinski definition) is 1. The van der Waals surface area contributed by atoms with Gasteiger partial charge in [-0.3, -0.25) is 0 Å². The first-order valence-electron chi connectivity index (χ1n) is 7.99. The molecule has 2 radical (unpaired) electrons. The van der Waals surface area contributed by atoms with Gasteiger partial charge in [0.1, 0.15) is 0 Å². The fourth-order valence-electron chi connectivity index (χ4n) is 2.29. The minimum Gasteiger partial charge on any atom is -0.393 e. The molecule has 0 saturated heterocycles. The van der Waals surface area contributed by atoms with Crippen LogP contribution in [0.1, 0.15) is 97.3 Å². The van der Waals surface area contributed by atoms with Gasteiger partial charge in [0.2, 0.25) is 0 Å². The molecule has 0 saturated carbocycles. The standard InChI is InChI=1S/C16H34O.Mg/c1-3-5-7-9-11-13-15-16(17)14-12-10-8-6-4-2;/h16-17H,3-15H2,1-2H3;. The van der Waals surface area contributed by atoms with Gasteiger partial charge in [0.25, 0.3) is 0 Å². The molecule has 0 aliphatic heterocycles. The number of hydrogen-bond acceptors (Lipinski definition) is 1. The van der Waals surface area contributed by atoms with Crippen LogP contribution in [0.15, 0.2) is 0 Å². The highest BCUT2D eigenvalue weighted by Gasteiger charge is 2.03. The van der Waals surface area contributed by atoms with Crippen LogP contribution in [0.25, 0.3) is 0 Å². The predicted octanol–water partition coefficient (Wildman–Crippen LogP) is 5.08. The highest BCUT2D eigenvalue weighted by atomic mass is 24.3. The quantitative estimate of drug-likeness (QED) is 0.364. The Bertz CT molecular complexity index is 139. The summed E-state index contributed by atoms with van der Waals surface area (Å²) in [6.07, 6.45) is 16.5. The van der Waals surface area contributed by atoms with Gasteiger partial charge in [-0.25, -0.2) is 0 Å². The first-order chi connectivity index (χ1) is 8.31. The largest absolute Gasteiger partial charge is 0.393 e. The summed E-state index contributed by atoms with van der Waals surface area (Å²) < 4.78 is 0. The first kappa shape index (κ1) is 21.0. The van der Waals surface area contributed by atoms with Crippen LogP contribution in [0.3, 0.4) is 0 Å². The number of rotatable bonds is 13. The maximum absolute atomic E-state index is 9.81. The topological polar surface area (TPSA) is 20.2 Å². The third-order valence-electron chi connectivity index (χ3n) is 3.53. The Hall–Kier alpha value is 0.726. The Labute approximate surface area is 131 Å². The summed E-state index contributed by atoms with van der Waals surface area (Å²) in [5.41, 5.74) is 0. The summed E-state index contributed by atoms with van der Waals surface area (Å²) >= 11 is 0. The molecule has 0 aliphatic carbocycles. The van der Waals surface area contributed by atoms with Crippen LogP contribution >= 0.6 is 0 Å². The molecule has 1 atom stereocenters. The Balaban J connectivity index is 0. The van der Waals surface area contributed by atoms with E-state index in [1.165, 1.54) is 70.6 Å². The molecule has 1 unspecified atom stereocenters. The lowest BCUT2D eigenvalue weighted by Crippen LogP contribution is -2.05. The van der Waals surface area contributed by atoms with E-state index >= 15 is 0 Å². The van der Waals surface area contributed by atoms with Crippen LogP contribution in [0.5, 0.6) is 0 Å². The first-order valence-corrected chi connectivity index (χ1v) is 7.99. The van der Waals surface area contributed by atoms with Crippen LogP contribution in [-0.2, 0) is 0 Å². The van der Waals surface area contributed by atoms with Crippen LogP contribution in [0.2, 0.25) is 0 Å². The summed E-state index contributed by atoms with van der Waals surface area (Å²) in [7, 11) is 0. The zero-order valence-corrected chi connectivity index (χ0v) is 14.3. The van der Waals surface area contributed by atoms with Gasteiger partial charge in [-0.2, -0.15) is 0 Å². The Kier molecular flexibility index (Phi) is 20.7. The molecule has 106 valence electrons. The SMILES string of the molecule is CCCCCCCCC(O)CCCCCCC.[Mg]. The van der Waals surface area contributed by atoms with Crippen LogP contribution in [-0.4, -0.2) is 34.3 Å². The number of aliphatic hydroxyl groups is 1. The Morgan fingerprint density at radius 1 is 0.611 bits per heavy atom. The predicted molar refractivity (Wildman–Crippen MR) is 83.1 cm³/mol. The van der Waals surface area contributed by atoms with Gasteiger partial charge in [0.15, 0.2) is 0 Å². The average Bonchev–Trinajstić information content (AvgIpc) is 2.33. The van der Waals surface area contributed by atoms with Gasteiger partial charge in [-0.05, 0) is 12.8 Å². The normalized spacial score (nSPS) is 12.2. The van der Waals surface area contributed by atoms with Crippen LogP contribution < -0.4 is 0 Å². The average molecular weight is 267 g/mol. The van der Waals surface area contributed by atoms with E-state index in [0.717, 1.165) is 12.8 Å². The van der Waals surface area contributed by atoms with Crippen molar-refractivity contribution in [2.24, 2.45) is 0 Å². The van der Waals surface area contributed by atoms with E-state index in [9.17, 15) is 5.11 Å². The lowest BCUT2D eigenvalue weighted by molar-refractivity contribution is 0.147. The van der Waals surface area contributed by atoms with Gasteiger partial charge in [0.05, 0.1) is 6.10 Å². The van der Waals surface area contributed by atoms with Gasteiger partial charge in [-0.15, -0.1) is 0 Å². The van der Waals surface area contributed by atoms with Crippen molar-refractivity contribution >= 4 is 23.1 Å². The molecule has 0 bridgehead atoms. The zero-order chi connectivity index (χ0) is 12.8. The van der Waals surface area contributed by atoms with Crippen LogP contribution in [0.4, 0.5) is 0 Å². The van der Waals surface area contributed by atoms with Crippen molar-refractivity contribution in [1.29, 1.82) is 0 Å². The molecular weight excluding hydrogens is 232 g/mol. The zero-order valence-electron chi connectivity index (χ0n) is 12.9. The van der Waals surface area contributed by atoms with Gasteiger partial charge >= 0.3 is 0 Å². The summed E-state index contributed by atoms with van der Waals surface area (Å²) in [5, 5.41) is 9.81. The third-order valence-corrected chi connectivity index (χ3v) is 3.53. The van der Waals surface area contributed by atoms with Crippen molar-refractivity contribution in [1.82, 2.24) is 0 Å². The molecule has 1 nitrogen and oxygen atoms in total. The minimum absolute atomic E-state index is 0. The molecule has 0 amide bonds. The molecule has 0 rings (SSSR count). The van der Waals surface area contributed by atoms with E-state index in [2.05, 4.69) is 13.8 Å². The molecule has 18 heavy (non-hydrogen) atoms. The van der Waals surface area contributed by atoms with Crippen molar-refractivity contribution in [3.63, 3.8) is 0 Å². The lowest BCUT2D eigenvalue weighted by Gasteiger charge is -2.10. The molecule has 0 fully saturated rings. The fraction of sp³-hybridized carbons (Fsp3) is 1.00. The molecule has 1 N–H and O–H groups in total. The van der Waals surface area contributed by atoms with E-state index in [1.54, 1.807) is 0 Å². The molecule has 2 heteroatoms. The molecule has 0 heterocycles. The van der Waals surface area contributed by atoms with E-state index < -0.39 is 0 Å². The van der Waals surface area contributed by atoms with Gasteiger partial charge in [-0.1, -0.05) is 84.5 Å². The molecule has 0 aromatic carbocycles. The smallest absolute Gasteiger partial charge is 0.0540 e. The van der Waals surface area contributed by atoms with E-state index in [-0.39, 0.29) is 29.2 Å². The summed E-state index contributed by atoms with van der Waals surface area (Å²) in [5.74, 6) is 0. The van der Waals surface area contributed by atoms with Gasteiger partial charge < -0.3 is 5.11 Å². The second-order valence-corrected chi connectivity index (χ2v) is 5.41. The number of aliphatic hydroxyl groups excluding tert-OH is 1. The molecule has 0 aromatic heterocycles. The van der Waals surface area contributed by atoms with Crippen molar-refractivity contribution in [2.75, 3.05) is 0 Å². The lowest BCUT2D eigenvalue weighted by atomic mass is 10.0. The fourth-order valence-corrected chi connectivity index (χ4v) is 2.29. The monoisotopic (exact) mass is 266 g/mol. The van der Waals surface area contributed by atoms with E-state index in [1.807, 2.05) is 0 Å². The van der Waals surface area contributed by atoms with E-state index in [4.69, 9.17) is 0 Å². The van der Waals surface area contributed by atoms with Crippen molar-refractivity contribution in [3.8, 4) is 0 Å². The summed E-state index contributed by atoms with van der Waals surface area (Å²) in [6.45, 7) is 4.50. The molecule has 0 spiro atoms. The summed E-state index contributed by atoms with van der Waals surface area (Å²) in [6, 6.07) is 0. The maximum Gasteiger partial charge on any atom is 0.0540 e.